The first-order valence-corrected chi connectivity index (χ1v) is 3.89. The second kappa shape index (κ2) is 2.33. The molecule has 1 fully saturated rings. The van der Waals surface area contributed by atoms with Gasteiger partial charge in [0.05, 0.1) is 5.69 Å². The van der Waals surface area contributed by atoms with Gasteiger partial charge < -0.3 is 9.63 Å². The van der Waals surface area contributed by atoms with Crippen LogP contribution >= 0.6 is 0 Å². The number of aromatic carboxylic acids is 1. The summed E-state index contributed by atoms with van der Waals surface area (Å²) in [7, 11) is 0. The summed E-state index contributed by atoms with van der Waals surface area (Å²) >= 11 is 0. The lowest BCUT2D eigenvalue weighted by atomic mass is 10.1. The second-order valence-corrected chi connectivity index (χ2v) is 3.09. The van der Waals surface area contributed by atoms with Crippen molar-refractivity contribution in [1.82, 2.24) is 5.16 Å². The van der Waals surface area contributed by atoms with E-state index in [0.29, 0.717) is 5.92 Å². The number of aryl methyl sites for hydroxylation is 1. The van der Waals surface area contributed by atoms with Crippen LogP contribution in [0.15, 0.2) is 4.52 Å². The number of aromatic nitrogens is 1. The van der Waals surface area contributed by atoms with Gasteiger partial charge in [-0.2, -0.15) is 0 Å². The first-order chi connectivity index (χ1) is 5.70. The van der Waals surface area contributed by atoms with Crippen molar-refractivity contribution in [3.63, 3.8) is 0 Å². The Morgan fingerprint density at radius 3 is 2.83 bits per heavy atom. The number of nitrogens with zero attached hydrogens (tertiary/aromatic N) is 1. The van der Waals surface area contributed by atoms with Crippen molar-refractivity contribution in [3.05, 3.63) is 17.0 Å². The molecule has 1 aromatic rings. The van der Waals surface area contributed by atoms with E-state index in [0.717, 1.165) is 24.1 Å². The quantitative estimate of drug-likeness (QED) is 0.725. The lowest BCUT2D eigenvalue weighted by Gasteiger charge is -1.92. The van der Waals surface area contributed by atoms with Crippen molar-refractivity contribution in [2.24, 2.45) is 0 Å². The highest BCUT2D eigenvalue weighted by atomic mass is 16.5. The number of hydrogen-bond donors (Lipinski definition) is 1. The third-order valence-corrected chi connectivity index (χ3v) is 2.09. The van der Waals surface area contributed by atoms with E-state index in [9.17, 15) is 4.79 Å². The SMILES string of the molecule is Cc1noc(C(=O)O)c1C1CC1. The number of carboxylic acid groups (broad SMARTS) is 1. The highest BCUT2D eigenvalue weighted by molar-refractivity contribution is 5.86. The van der Waals surface area contributed by atoms with Crippen LogP contribution in [-0.2, 0) is 0 Å². The van der Waals surface area contributed by atoms with Crippen LogP contribution in [0, 0.1) is 6.92 Å². The Morgan fingerprint density at radius 1 is 1.67 bits per heavy atom. The summed E-state index contributed by atoms with van der Waals surface area (Å²) in [6.45, 7) is 1.78. The molecule has 2 rings (SSSR count). The summed E-state index contributed by atoms with van der Waals surface area (Å²) in [4.78, 5) is 10.6. The summed E-state index contributed by atoms with van der Waals surface area (Å²) in [6, 6.07) is 0. The molecule has 64 valence electrons. The molecule has 0 atom stereocenters. The molecule has 0 bridgehead atoms. The van der Waals surface area contributed by atoms with Crippen LogP contribution in [0.25, 0.3) is 0 Å². The van der Waals surface area contributed by atoms with Gasteiger partial charge in [0.25, 0.3) is 0 Å². The maximum atomic E-state index is 10.6. The molecule has 1 saturated carbocycles. The van der Waals surface area contributed by atoms with E-state index in [1.54, 1.807) is 6.92 Å². The molecule has 0 saturated heterocycles. The minimum atomic E-state index is -1.02. The van der Waals surface area contributed by atoms with Crippen LogP contribution in [-0.4, -0.2) is 16.2 Å². The zero-order valence-corrected chi connectivity index (χ0v) is 6.70. The van der Waals surface area contributed by atoms with E-state index >= 15 is 0 Å². The summed E-state index contributed by atoms with van der Waals surface area (Å²) in [5.41, 5.74) is 1.51. The van der Waals surface area contributed by atoms with Gasteiger partial charge in [0.2, 0.25) is 5.76 Å². The number of hydrogen-bond acceptors (Lipinski definition) is 3. The van der Waals surface area contributed by atoms with Crippen molar-refractivity contribution >= 4 is 5.97 Å². The Kier molecular flexibility index (Phi) is 1.43. The van der Waals surface area contributed by atoms with Gasteiger partial charge in [-0.25, -0.2) is 4.79 Å². The van der Waals surface area contributed by atoms with Crippen LogP contribution in [0.1, 0.15) is 40.6 Å². The zero-order valence-electron chi connectivity index (χ0n) is 6.70. The molecule has 12 heavy (non-hydrogen) atoms. The summed E-state index contributed by atoms with van der Waals surface area (Å²) in [5, 5.41) is 12.4. The van der Waals surface area contributed by atoms with Crippen molar-refractivity contribution in [2.75, 3.05) is 0 Å². The van der Waals surface area contributed by atoms with E-state index < -0.39 is 5.97 Å². The first kappa shape index (κ1) is 7.34. The molecule has 0 unspecified atom stereocenters. The van der Waals surface area contributed by atoms with Crippen molar-refractivity contribution < 1.29 is 14.4 Å². The third kappa shape index (κ3) is 0.995. The third-order valence-electron chi connectivity index (χ3n) is 2.09. The topological polar surface area (TPSA) is 63.3 Å². The number of carboxylic acids is 1. The summed E-state index contributed by atoms with van der Waals surface area (Å²) in [5.74, 6) is -0.616. The molecular formula is C8H9NO3. The molecule has 0 aliphatic heterocycles. The van der Waals surface area contributed by atoms with E-state index in [1.165, 1.54) is 0 Å². The van der Waals surface area contributed by atoms with E-state index in [-0.39, 0.29) is 5.76 Å². The smallest absolute Gasteiger partial charge is 0.375 e. The minimum absolute atomic E-state index is 0.0231. The van der Waals surface area contributed by atoms with Gasteiger partial charge >= 0.3 is 5.97 Å². The Hall–Kier alpha value is -1.32. The average molecular weight is 167 g/mol. The highest BCUT2D eigenvalue weighted by Gasteiger charge is 2.33. The first-order valence-electron chi connectivity index (χ1n) is 3.89. The van der Waals surface area contributed by atoms with Crippen LogP contribution < -0.4 is 0 Å². The monoisotopic (exact) mass is 167 g/mol. The average Bonchev–Trinajstić information content (AvgIpc) is 2.75. The summed E-state index contributed by atoms with van der Waals surface area (Å²) < 4.78 is 4.71. The normalized spacial score (nSPS) is 16.4. The highest BCUT2D eigenvalue weighted by Crippen LogP contribution is 2.43. The van der Waals surface area contributed by atoms with Crippen LogP contribution in [0.2, 0.25) is 0 Å². The second-order valence-electron chi connectivity index (χ2n) is 3.09. The Morgan fingerprint density at radius 2 is 2.33 bits per heavy atom. The van der Waals surface area contributed by atoms with Crippen LogP contribution in [0.3, 0.4) is 0 Å². The lowest BCUT2D eigenvalue weighted by Crippen LogP contribution is -1.98. The fourth-order valence-electron chi connectivity index (χ4n) is 1.38. The molecular weight excluding hydrogens is 158 g/mol. The van der Waals surface area contributed by atoms with E-state index in [4.69, 9.17) is 9.63 Å². The number of carbonyl (C=O) groups is 1. The van der Waals surface area contributed by atoms with E-state index in [1.807, 2.05) is 0 Å². The lowest BCUT2D eigenvalue weighted by molar-refractivity contribution is 0.0650. The molecule has 0 radical (unpaired) electrons. The maximum Gasteiger partial charge on any atom is 0.375 e. The van der Waals surface area contributed by atoms with Gasteiger partial charge in [-0.3, -0.25) is 0 Å². The predicted molar refractivity (Wildman–Crippen MR) is 40.2 cm³/mol. The van der Waals surface area contributed by atoms with Crippen molar-refractivity contribution in [2.45, 2.75) is 25.7 Å². The molecule has 1 N–H and O–H groups in total. The fraction of sp³-hybridized carbons (Fsp3) is 0.500. The molecule has 0 aromatic carbocycles. The Balaban J connectivity index is 2.46. The molecule has 4 nitrogen and oxygen atoms in total. The van der Waals surface area contributed by atoms with Gasteiger partial charge in [0, 0.05) is 5.56 Å². The van der Waals surface area contributed by atoms with Gasteiger partial charge in [0.1, 0.15) is 0 Å². The fourth-order valence-corrected chi connectivity index (χ4v) is 1.38. The molecule has 1 aromatic heterocycles. The Bertz CT molecular complexity index is 325. The van der Waals surface area contributed by atoms with Gasteiger partial charge in [-0.05, 0) is 25.7 Å². The molecule has 0 spiro atoms. The standard InChI is InChI=1S/C8H9NO3/c1-4-6(5-2-3-5)7(8(10)11)12-9-4/h5H,2-3H2,1H3,(H,10,11). The minimum Gasteiger partial charge on any atom is -0.475 e. The largest absolute Gasteiger partial charge is 0.475 e. The molecule has 1 aliphatic carbocycles. The summed E-state index contributed by atoms with van der Waals surface area (Å²) in [6.07, 6.45) is 2.12. The predicted octanol–water partition coefficient (Wildman–Crippen LogP) is 1.56. The van der Waals surface area contributed by atoms with Gasteiger partial charge in [-0.1, -0.05) is 5.16 Å². The molecule has 1 heterocycles. The molecule has 0 amide bonds. The maximum absolute atomic E-state index is 10.6. The molecule has 4 heteroatoms. The molecule has 1 aliphatic rings. The van der Waals surface area contributed by atoms with Crippen LogP contribution in [0.5, 0.6) is 0 Å². The van der Waals surface area contributed by atoms with E-state index in [2.05, 4.69) is 5.16 Å². The zero-order chi connectivity index (χ0) is 8.72. The number of rotatable bonds is 2. The van der Waals surface area contributed by atoms with Crippen LogP contribution in [0.4, 0.5) is 0 Å². The van der Waals surface area contributed by atoms with Crippen molar-refractivity contribution in [1.29, 1.82) is 0 Å². The van der Waals surface area contributed by atoms with Crippen molar-refractivity contribution in [3.8, 4) is 0 Å². The van der Waals surface area contributed by atoms with Gasteiger partial charge in [0.15, 0.2) is 0 Å². The Labute approximate surface area is 69.2 Å². The van der Waals surface area contributed by atoms with Gasteiger partial charge in [-0.15, -0.1) is 0 Å².